The lowest BCUT2D eigenvalue weighted by Gasteiger charge is -2.33. The number of ether oxygens (including phenoxy) is 2. The summed E-state index contributed by atoms with van der Waals surface area (Å²) in [7, 11) is 0. The van der Waals surface area contributed by atoms with Gasteiger partial charge in [0.1, 0.15) is 17.0 Å². The van der Waals surface area contributed by atoms with Gasteiger partial charge in [0.05, 0.1) is 0 Å². The third-order valence-electron chi connectivity index (χ3n) is 4.82. The van der Waals surface area contributed by atoms with E-state index < -0.39 is 5.60 Å². The minimum absolute atomic E-state index is 0.156. The van der Waals surface area contributed by atoms with Gasteiger partial charge in [-0.15, -0.1) is 0 Å². The second kappa shape index (κ2) is 10.8. The number of nitrogens with zero attached hydrogens (tertiary/aromatic N) is 2. The van der Waals surface area contributed by atoms with Crippen LogP contribution < -0.4 is 0 Å². The number of likely N-dealkylation sites (tertiary alicyclic amines) is 2. The van der Waals surface area contributed by atoms with Crippen molar-refractivity contribution in [1.82, 2.24) is 9.80 Å². The van der Waals surface area contributed by atoms with Crippen LogP contribution in [0, 0.1) is 5.92 Å². The Morgan fingerprint density at radius 3 is 1.55 bits per heavy atom. The van der Waals surface area contributed by atoms with E-state index >= 15 is 0 Å². The smallest absolute Gasteiger partial charge is 0.410 e. The molecule has 0 bridgehead atoms. The van der Waals surface area contributed by atoms with Crippen molar-refractivity contribution in [3.63, 3.8) is 0 Å². The zero-order valence-corrected chi connectivity index (χ0v) is 19.4. The van der Waals surface area contributed by atoms with Crippen LogP contribution in [-0.2, 0) is 14.3 Å². The number of hydrogen-bond acceptors (Lipinski definition) is 5. The van der Waals surface area contributed by atoms with Crippen LogP contribution in [0.2, 0.25) is 0 Å². The van der Waals surface area contributed by atoms with E-state index in [1.54, 1.807) is 4.90 Å². The quantitative estimate of drug-likeness (QED) is 0.627. The molecular formula is C22H40N2O5. The molecule has 0 atom stereocenters. The maximum Gasteiger partial charge on any atom is 0.410 e. The molecule has 2 aliphatic rings. The first-order valence-corrected chi connectivity index (χ1v) is 10.8. The van der Waals surface area contributed by atoms with E-state index in [-0.39, 0.29) is 23.6 Å². The minimum Gasteiger partial charge on any atom is -0.444 e. The van der Waals surface area contributed by atoms with Crippen LogP contribution in [0.15, 0.2) is 0 Å². The lowest BCUT2D eigenvalue weighted by Crippen LogP contribution is -2.41. The molecule has 2 rings (SSSR count). The summed E-state index contributed by atoms with van der Waals surface area (Å²) < 4.78 is 10.5. The molecule has 7 nitrogen and oxygen atoms in total. The molecule has 2 aliphatic heterocycles. The van der Waals surface area contributed by atoms with Crippen LogP contribution in [0.4, 0.5) is 9.59 Å². The van der Waals surface area contributed by atoms with Gasteiger partial charge >= 0.3 is 12.2 Å². The van der Waals surface area contributed by atoms with Crippen molar-refractivity contribution >= 4 is 18.0 Å². The fourth-order valence-electron chi connectivity index (χ4n) is 3.12. The number of hydrogen-bond donors (Lipinski definition) is 0. The summed E-state index contributed by atoms with van der Waals surface area (Å²) >= 11 is 0. The van der Waals surface area contributed by atoms with Crippen molar-refractivity contribution < 1.29 is 23.9 Å². The molecule has 2 amide bonds. The van der Waals surface area contributed by atoms with E-state index in [9.17, 15) is 14.4 Å². The highest BCUT2D eigenvalue weighted by Crippen LogP contribution is 2.21. The Labute approximate surface area is 176 Å². The van der Waals surface area contributed by atoms with Crippen molar-refractivity contribution in [1.29, 1.82) is 0 Å². The summed E-state index contributed by atoms with van der Waals surface area (Å²) in [6, 6.07) is 0. The van der Waals surface area contributed by atoms with Crippen molar-refractivity contribution in [3.05, 3.63) is 0 Å². The molecule has 0 radical (unpaired) electrons. The predicted molar refractivity (Wildman–Crippen MR) is 113 cm³/mol. The summed E-state index contributed by atoms with van der Waals surface area (Å²) in [5, 5.41) is 0. The van der Waals surface area contributed by atoms with Crippen molar-refractivity contribution in [2.45, 2.75) is 91.8 Å². The standard InChI is InChI=1S/C12H23NO2.C10H17NO3/c1-5-10-6-8-13(9-7-10)11(14)15-12(2,3)4;1-10(2,3)14-9(13)11-6-4-8(12)5-7-11/h10H,5-9H2,1-4H3;4-7H2,1-3H3. The molecule has 2 fully saturated rings. The van der Waals surface area contributed by atoms with Gasteiger partial charge in [-0.3, -0.25) is 4.79 Å². The second-order valence-electron chi connectivity index (χ2n) is 9.83. The van der Waals surface area contributed by atoms with Gasteiger partial charge in [0.15, 0.2) is 0 Å². The Kier molecular flexibility index (Phi) is 9.43. The number of piperidine rings is 2. The monoisotopic (exact) mass is 412 g/mol. The molecule has 0 unspecified atom stereocenters. The third-order valence-corrected chi connectivity index (χ3v) is 4.82. The average molecular weight is 413 g/mol. The minimum atomic E-state index is -0.460. The first-order valence-electron chi connectivity index (χ1n) is 10.8. The van der Waals surface area contributed by atoms with Gasteiger partial charge in [0, 0.05) is 39.0 Å². The zero-order chi connectivity index (χ0) is 22.2. The molecule has 0 spiro atoms. The maximum atomic E-state index is 11.7. The highest BCUT2D eigenvalue weighted by atomic mass is 16.6. The molecule has 168 valence electrons. The van der Waals surface area contributed by atoms with Gasteiger partial charge in [0.25, 0.3) is 0 Å². The van der Waals surface area contributed by atoms with Crippen LogP contribution in [0.3, 0.4) is 0 Å². The molecule has 0 aromatic rings. The molecule has 2 saturated heterocycles. The number of rotatable bonds is 1. The molecule has 0 N–H and O–H groups in total. The number of ketones is 1. The summed E-state index contributed by atoms with van der Waals surface area (Å²) in [6.07, 6.45) is 3.91. The third kappa shape index (κ3) is 10.5. The average Bonchev–Trinajstić information content (AvgIpc) is 2.60. The number of carbonyl (C=O) groups is 3. The van der Waals surface area contributed by atoms with E-state index in [2.05, 4.69) is 6.92 Å². The Morgan fingerprint density at radius 2 is 1.21 bits per heavy atom. The van der Waals surface area contributed by atoms with Crippen LogP contribution in [0.1, 0.15) is 80.6 Å². The number of amides is 2. The van der Waals surface area contributed by atoms with Crippen molar-refractivity contribution in [2.24, 2.45) is 5.92 Å². The van der Waals surface area contributed by atoms with E-state index in [4.69, 9.17) is 9.47 Å². The molecule has 0 aliphatic carbocycles. The normalized spacial score (nSPS) is 18.7. The molecule has 29 heavy (non-hydrogen) atoms. The number of carbonyl (C=O) groups excluding carboxylic acids is 3. The lowest BCUT2D eigenvalue weighted by molar-refractivity contribution is -0.121. The highest BCUT2D eigenvalue weighted by molar-refractivity contribution is 5.81. The van der Waals surface area contributed by atoms with Crippen molar-refractivity contribution in [3.8, 4) is 0 Å². The van der Waals surface area contributed by atoms with Crippen LogP contribution >= 0.6 is 0 Å². The molecule has 2 heterocycles. The second-order valence-corrected chi connectivity index (χ2v) is 9.83. The Morgan fingerprint density at radius 1 is 0.828 bits per heavy atom. The van der Waals surface area contributed by atoms with Gasteiger partial charge in [-0.05, 0) is 60.3 Å². The summed E-state index contributed by atoms with van der Waals surface area (Å²) in [5.41, 5.74) is -0.836. The number of Topliss-reactive ketones (excluding diaryl/α,β-unsaturated/α-hetero) is 1. The molecule has 0 aromatic heterocycles. The van der Waals surface area contributed by atoms with Gasteiger partial charge in [0.2, 0.25) is 0 Å². The topological polar surface area (TPSA) is 76.2 Å². The van der Waals surface area contributed by atoms with Gasteiger partial charge in [-0.25, -0.2) is 9.59 Å². The highest BCUT2D eigenvalue weighted by Gasteiger charge is 2.26. The van der Waals surface area contributed by atoms with E-state index in [1.807, 2.05) is 46.4 Å². The van der Waals surface area contributed by atoms with E-state index in [0.717, 1.165) is 31.8 Å². The largest absolute Gasteiger partial charge is 0.444 e. The summed E-state index contributed by atoms with van der Waals surface area (Å²) in [6.45, 7) is 16.1. The van der Waals surface area contributed by atoms with Crippen LogP contribution in [0.25, 0.3) is 0 Å². The molecule has 7 heteroatoms. The first kappa shape index (κ1) is 25.2. The summed E-state index contributed by atoms with van der Waals surface area (Å²) in [4.78, 5) is 37.6. The van der Waals surface area contributed by atoms with E-state index in [0.29, 0.717) is 25.9 Å². The zero-order valence-electron chi connectivity index (χ0n) is 19.4. The molecule has 0 aromatic carbocycles. The molecular weight excluding hydrogens is 372 g/mol. The SMILES string of the molecule is CC(C)(C)OC(=O)N1CCC(=O)CC1.CCC1CCN(C(=O)OC(C)(C)C)CC1. The van der Waals surface area contributed by atoms with Crippen LogP contribution in [-0.4, -0.2) is 65.2 Å². The Balaban J connectivity index is 0.000000291. The fourth-order valence-corrected chi connectivity index (χ4v) is 3.12. The molecule has 0 saturated carbocycles. The van der Waals surface area contributed by atoms with Gasteiger partial charge in [-0.1, -0.05) is 13.3 Å². The maximum absolute atomic E-state index is 11.7. The lowest BCUT2D eigenvalue weighted by atomic mass is 9.95. The summed E-state index contributed by atoms with van der Waals surface area (Å²) in [5.74, 6) is 1.02. The van der Waals surface area contributed by atoms with Crippen LogP contribution in [0.5, 0.6) is 0 Å². The predicted octanol–water partition coefficient (Wildman–Crippen LogP) is 4.63. The first-order chi connectivity index (χ1) is 13.3. The van der Waals surface area contributed by atoms with Gasteiger partial charge < -0.3 is 19.3 Å². The van der Waals surface area contributed by atoms with Gasteiger partial charge in [-0.2, -0.15) is 0 Å². The Bertz CT molecular complexity index is 545. The van der Waals surface area contributed by atoms with E-state index in [1.165, 1.54) is 6.42 Å². The van der Waals surface area contributed by atoms with Crippen molar-refractivity contribution in [2.75, 3.05) is 26.2 Å². The fraction of sp³-hybridized carbons (Fsp3) is 0.864. The Hall–Kier alpha value is -1.79.